The largest absolute Gasteiger partial charge is 0.326 e. The van der Waals surface area contributed by atoms with Crippen LogP contribution < -0.4 is 5.73 Å². The fourth-order valence-electron chi connectivity index (χ4n) is 1.69. The molecule has 108 valence electrons. The lowest BCUT2D eigenvalue weighted by molar-refractivity contribution is 0.602. The molecule has 0 aliphatic carbocycles. The number of benzene rings is 1. The summed E-state index contributed by atoms with van der Waals surface area (Å²) >= 11 is 1.47. The molecule has 0 aliphatic rings. The van der Waals surface area contributed by atoms with E-state index in [4.69, 9.17) is 5.73 Å². The van der Waals surface area contributed by atoms with Crippen molar-refractivity contribution < 1.29 is 12.8 Å². The van der Waals surface area contributed by atoms with Gasteiger partial charge >= 0.3 is 0 Å². The van der Waals surface area contributed by atoms with E-state index >= 15 is 0 Å². The molecular weight excluding hydrogens is 285 g/mol. The maximum Gasteiger partial charge on any atom is 0.148 e. The second-order valence-electron chi connectivity index (χ2n) is 4.55. The van der Waals surface area contributed by atoms with E-state index in [-0.39, 0.29) is 22.9 Å². The van der Waals surface area contributed by atoms with Crippen molar-refractivity contribution in [1.29, 1.82) is 0 Å². The van der Waals surface area contributed by atoms with Crippen molar-refractivity contribution in [3.63, 3.8) is 0 Å². The monoisotopic (exact) mass is 305 g/mol. The minimum absolute atomic E-state index is 0.0811. The highest BCUT2D eigenvalue weighted by Gasteiger charge is 2.20. The molecule has 3 nitrogen and oxygen atoms in total. The fourth-order valence-corrected chi connectivity index (χ4v) is 4.32. The van der Waals surface area contributed by atoms with Gasteiger partial charge in [0.2, 0.25) is 0 Å². The lowest BCUT2D eigenvalue weighted by atomic mass is 10.0. The average molecular weight is 305 g/mol. The van der Waals surface area contributed by atoms with Crippen LogP contribution >= 0.6 is 11.8 Å². The van der Waals surface area contributed by atoms with Crippen molar-refractivity contribution in [2.24, 2.45) is 5.73 Å². The van der Waals surface area contributed by atoms with E-state index in [1.165, 1.54) is 30.2 Å². The van der Waals surface area contributed by atoms with E-state index in [1.807, 2.05) is 13.0 Å². The number of sulfone groups is 1. The summed E-state index contributed by atoms with van der Waals surface area (Å²) in [4.78, 5) is 0. The summed E-state index contributed by atoms with van der Waals surface area (Å²) in [5.41, 5.74) is 6.87. The van der Waals surface area contributed by atoms with Crippen molar-refractivity contribution in [1.82, 2.24) is 0 Å². The zero-order chi connectivity index (χ0) is 14.5. The third-order valence-electron chi connectivity index (χ3n) is 2.79. The molecule has 0 amide bonds. The van der Waals surface area contributed by atoms with Crippen molar-refractivity contribution in [2.75, 3.05) is 17.8 Å². The lowest BCUT2D eigenvalue weighted by Gasteiger charge is -2.23. The molecule has 2 atom stereocenters. The first-order valence-corrected chi connectivity index (χ1v) is 9.24. The molecule has 0 radical (unpaired) electrons. The molecule has 0 bridgehead atoms. The van der Waals surface area contributed by atoms with Crippen LogP contribution in [0.4, 0.5) is 4.39 Å². The average Bonchev–Trinajstić information content (AvgIpc) is 2.32. The second-order valence-corrected chi connectivity index (χ2v) is 8.06. The van der Waals surface area contributed by atoms with Gasteiger partial charge < -0.3 is 5.73 Å². The van der Waals surface area contributed by atoms with Gasteiger partial charge in [-0.05, 0) is 24.1 Å². The van der Waals surface area contributed by atoms with E-state index in [9.17, 15) is 12.8 Å². The minimum Gasteiger partial charge on any atom is -0.326 e. The Morgan fingerprint density at radius 1 is 1.42 bits per heavy atom. The number of nitrogens with two attached hydrogens (primary N) is 1. The molecule has 0 saturated heterocycles. The Morgan fingerprint density at radius 2 is 2.11 bits per heavy atom. The van der Waals surface area contributed by atoms with Crippen molar-refractivity contribution in [3.05, 3.63) is 35.6 Å². The highest BCUT2D eigenvalue weighted by molar-refractivity contribution is 8.00. The summed E-state index contributed by atoms with van der Waals surface area (Å²) in [5, 5.41) is -0.0811. The van der Waals surface area contributed by atoms with Gasteiger partial charge in [-0.15, -0.1) is 0 Å². The van der Waals surface area contributed by atoms with Crippen LogP contribution in [0.5, 0.6) is 0 Å². The summed E-state index contributed by atoms with van der Waals surface area (Å²) < 4.78 is 35.5. The van der Waals surface area contributed by atoms with Crippen LogP contribution in [0.15, 0.2) is 24.3 Å². The molecule has 0 aromatic heterocycles. The summed E-state index contributed by atoms with van der Waals surface area (Å²) in [7, 11) is -2.98. The van der Waals surface area contributed by atoms with Gasteiger partial charge in [0.05, 0.1) is 5.75 Å². The molecule has 0 aliphatic heterocycles. The lowest BCUT2D eigenvalue weighted by Crippen LogP contribution is -2.26. The Balaban J connectivity index is 2.78. The molecule has 0 fully saturated rings. The van der Waals surface area contributed by atoms with Crippen LogP contribution in [0, 0.1) is 5.82 Å². The smallest absolute Gasteiger partial charge is 0.148 e. The maximum absolute atomic E-state index is 13.3. The standard InChI is InChI=1S/C13H20FNO2S2/c1-3-12(15)13(18-7-8-19(2,16)17)10-5-4-6-11(14)9-10/h4-6,9,12-13H,3,7-8,15H2,1-2H3. The first-order chi connectivity index (χ1) is 8.83. The van der Waals surface area contributed by atoms with E-state index in [1.54, 1.807) is 6.07 Å². The van der Waals surface area contributed by atoms with E-state index < -0.39 is 9.84 Å². The van der Waals surface area contributed by atoms with E-state index in [0.29, 0.717) is 5.75 Å². The van der Waals surface area contributed by atoms with E-state index in [0.717, 1.165) is 12.0 Å². The van der Waals surface area contributed by atoms with Crippen LogP contribution in [-0.4, -0.2) is 32.2 Å². The predicted molar refractivity (Wildman–Crippen MR) is 79.6 cm³/mol. The molecule has 0 heterocycles. The van der Waals surface area contributed by atoms with Crippen LogP contribution in [0.2, 0.25) is 0 Å². The highest BCUT2D eigenvalue weighted by atomic mass is 32.2. The molecule has 1 aromatic carbocycles. The van der Waals surface area contributed by atoms with Gasteiger partial charge in [-0.25, -0.2) is 12.8 Å². The summed E-state index contributed by atoms with van der Waals surface area (Å²) in [6, 6.07) is 6.21. The van der Waals surface area contributed by atoms with Gasteiger partial charge in [0.15, 0.2) is 0 Å². The van der Waals surface area contributed by atoms with Gasteiger partial charge in [-0.3, -0.25) is 0 Å². The minimum atomic E-state index is -2.98. The Morgan fingerprint density at radius 3 is 2.63 bits per heavy atom. The maximum atomic E-state index is 13.3. The Hall–Kier alpha value is -0.590. The number of thioether (sulfide) groups is 1. The Labute approximate surface area is 118 Å². The predicted octanol–water partition coefficient (Wildman–Crippen LogP) is 2.38. The summed E-state index contributed by atoms with van der Waals surface area (Å²) in [5.74, 6) is 0.280. The first kappa shape index (κ1) is 16.5. The molecular formula is C13H20FNO2S2. The molecule has 19 heavy (non-hydrogen) atoms. The molecule has 0 spiro atoms. The topological polar surface area (TPSA) is 60.2 Å². The van der Waals surface area contributed by atoms with Gasteiger partial charge in [0.1, 0.15) is 15.7 Å². The number of hydrogen-bond acceptors (Lipinski definition) is 4. The Kier molecular flexibility index (Phi) is 6.29. The Bertz CT molecular complexity index is 505. The second kappa shape index (κ2) is 7.26. The number of rotatable bonds is 7. The molecule has 2 unspecified atom stereocenters. The van der Waals surface area contributed by atoms with Gasteiger partial charge in [-0.2, -0.15) is 11.8 Å². The normalized spacial score (nSPS) is 15.2. The van der Waals surface area contributed by atoms with Gasteiger partial charge in [0, 0.05) is 23.3 Å². The van der Waals surface area contributed by atoms with Crippen LogP contribution in [-0.2, 0) is 9.84 Å². The van der Waals surface area contributed by atoms with E-state index in [2.05, 4.69) is 0 Å². The van der Waals surface area contributed by atoms with Gasteiger partial charge in [0.25, 0.3) is 0 Å². The first-order valence-electron chi connectivity index (χ1n) is 6.14. The van der Waals surface area contributed by atoms with Crippen LogP contribution in [0.25, 0.3) is 0 Å². The third-order valence-corrected chi connectivity index (χ3v) is 5.41. The highest BCUT2D eigenvalue weighted by Crippen LogP contribution is 2.32. The summed E-state index contributed by atoms with van der Waals surface area (Å²) in [6.45, 7) is 1.97. The zero-order valence-electron chi connectivity index (χ0n) is 11.2. The molecule has 2 N–H and O–H groups in total. The zero-order valence-corrected chi connectivity index (χ0v) is 12.8. The van der Waals surface area contributed by atoms with Crippen molar-refractivity contribution >= 4 is 21.6 Å². The molecule has 1 aromatic rings. The van der Waals surface area contributed by atoms with Crippen LogP contribution in [0.3, 0.4) is 0 Å². The fraction of sp³-hybridized carbons (Fsp3) is 0.538. The van der Waals surface area contributed by atoms with Crippen molar-refractivity contribution in [3.8, 4) is 0 Å². The molecule has 0 saturated carbocycles. The SMILES string of the molecule is CCC(N)C(SCCS(C)(=O)=O)c1cccc(F)c1. The van der Waals surface area contributed by atoms with Crippen molar-refractivity contribution in [2.45, 2.75) is 24.6 Å². The summed E-state index contributed by atoms with van der Waals surface area (Å²) in [6.07, 6.45) is 1.97. The molecule has 6 heteroatoms. The third kappa shape index (κ3) is 5.93. The van der Waals surface area contributed by atoms with Gasteiger partial charge in [-0.1, -0.05) is 19.1 Å². The number of halogens is 1. The van der Waals surface area contributed by atoms with Crippen LogP contribution in [0.1, 0.15) is 24.2 Å². The molecule has 1 rings (SSSR count). The number of hydrogen-bond donors (Lipinski definition) is 1. The quantitative estimate of drug-likeness (QED) is 0.840.